The van der Waals surface area contributed by atoms with E-state index in [1.807, 2.05) is 0 Å². The zero-order valence-electron chi connectivity index (χ0n) is 23.5. The Morgan fingerprint density at radius 1 is 1.12 bits per heavy atom. The smallest absolute Gasteiger partial charge is 0.414 e. The summed E-state index contributed by atoms with van der Waals surface area (Å²) >= 11 is 0. The lowest BCUT2D eigenvalue weighted by atomic mass is 10.1. The van der Waals surface area contributed by atoms with Crippen LogP contribution in [0.5, 0.6) is 11.8 Å². The standard InChI is InChI=1S/C28H34FN7O5/c1-28(2,3)41-27(39)36(4)20-13-17(29)12-19-21-23(32-10-8-6-5-7-9-30)34-26(35-24(21)33-22(19)20)40-18-11-16(25(37)38)14-31-15-18/h11-15H,5-10,30H2,1-4H3,(H,37,38)(H2,32,33,34,35). The van der Waals surface area contributed by atoms with Crippen LogP contribution >= 0.6 is 0 Å². The lowest BCUT2D eigenvalue weighted by molar-refractivity contribution is 0.0588. The van der Waals surface area contributed by atoms with Gasteiger partial charge in [0.2, 0.25) is 0 Å². The first-order valence-electron chi connectivity index (χ1n) is 13.3. The van der Waals surface area contributed by atoms with E-state index >= 15 is 0 Å². The number of hydrogen-bond acceptors (Lipinski definition) is 9. The van der Waals surface area contributed by atoms with Crippen molar-refractivity contribution in [2.75, 3.05) is 30.4 Å². The van der Waals surface area contributed by atoms with Crippen LogP contribution < -0.4 is 20.7 Å². The molecule has 0 aliphatic heterocycles. The van der Waals surface area contributed by atoms with Crippen LogP contribution in [0.4, 0.5) is 20.7 Å². The minimum Gasteiger partial charge on any atom is -0.478 e. The first kappa shape index (κ1) is 29.5. The van der Waals surface area contributed by atoms with Gasteiger partial charge in [0.15, 0.2) is 0 Å². The van der Waals surface area contributed by atoms with Crippen molar-refractivity contribution in [2.45, 2.75) is 52.1 Å². The molecule has 218 valence electrons. The van der Waals surface area contributed by atoms with Crippen LogP contribution in [0.2, 0.25) is 0 Å². The van der Waals surface area contributed by atoms with E-state index in [-0.39, 0.29) is 23.0 Å². The fourth-order valence-corrected chi connectivity index (χ4v) is 4.22. The number of pyridine rings is 1. The minimum atomic E-state index is -1.16. The summed E-state index contributed by atoms with van der Waals surface area (Å²) in [6, 6.07) is 3.81. The third-order valence-electron chi connectivity index (χ3n) is 6.10. The molecule has 5 N–H and O–H groups in total. The molecule has 0 spiro atoms. The number of carboxylic acid groups (broad SMARTS) is 1. The van der Waals surface area contributed by atoms with Gasteiger partial charge in [0.1, 0.15) is 28.6 Å². The highest BCUT2D eigenvalue weighted by atomic mass is 19.1. The van der Waals surface area contributed by atoms with Gasteiger partial charge in [0.25, 0.3) is 0 Å². The van der Waals surface area contributed by atoms with E-state index in [4.69, 9.17) is 15.2 Å². The fourth-order valence-electron chi connectivity index (χ4n) is 4.22. The Morgan fingerprint density at radius 2 is 1.88 bits per heavy atom. The summed E-state index contributed by atoms with van der Waals surface area (Å²) in [5, 5.41) is 13.6. The average molecular weight is 568 g/mol. The number of nitrogens with two attached hydrogens (primary N) is 1. The number of anilines is 2. The van der Waals surface area contributed by atoms with Crippen LogP contribution in [0, 0.1) is 5.82 Å². The molecule has 0 unspecified atom stereocenters. The lowest BCUT2D eigenvalue weighted by Gasteiger charge is -2.25. The van der Waals surface area contributed by atoms with Gasteiger partial charge in [-0.3, -0.25) is 9.88 Å². The largest absolute Gasteiger partial charge is 0.478 e. The quantitative estimate of drug-likeness (QED) is 0.171. The third-order valence-corrected chi connectivity index (χ3v) is 6.10. The average Bonchev–Trinajstić information content (AvgIpc) is 3.27. The minimum absolute atomic E-state index is 0.0599. The molecule has 0 fully saturated rings. The number of ether oxygens (including phenoxy) is 2. The SMILES string of the molecule is CN(C(=O)OC(C)(C)C)c1cc(F)cc2c1[nH]c1nc(Oc3cncc(C(=O)O)c3)nc(NCCCCCCN)c12. The lowest BCUT2D eigenvalue weighted by Crippen LogP contribution is -2.34. The second-order valence-electron chi connectivity index (χ2n) is 10.5. The highest BCUT2D eigenvalue weighted by Crippen LogP contribution is 2.37. The second kappa shape index (κ2) is 12.3. The number of unbranched alkanes of at least 4 members (excludes halogenated alkanes) is 3. The van der Waals surface area contributed by atoms with Crippen LogP contribution in [-0.4, -0.2) is 62.8 Å². The van der Waals surface area contributed by atoms with Gasteiger partial charge in [-0.2, -0.15) is 9.97 Å². The van der Waals surface area contributed by atoms with Crippen molar-refractivity contribution in [1.82, 2.24) is 19.9 Å². The van der Waals surface area contributed by atoms with Crippen molar-refractivity contribution in [3.8, 4) is 11.8 Å². The molecule has 13 heteroatoms. The van der Waals surface area contributed by atoms with Gasteiger partial charge in [-0.25, -0.2) is 14.0 Å². The van der Waals surface area contributed by atoms with E-state index in [0.29, 0.717) is 40.8 Å². The Balaban J connectivity index is 1.78. The van der Waals surface area contributed by atoms with E-state index in [1.165, 1.54) is 42.5 Å². The van der Waals surface area contributed by atoms with Crippen molar-refractivity contribution in [3.05, 3.63) is 42.0 Å². The highest BCUT2D eigenvalue weighted by Gasteiger charge is 2.25. The summed E-state index contributed by atoms with van der Waals surface area (Å²) in [6.07, 6.45) is 5.63. The van der Waals surface area contributed by atoms with Crippen molar-refractivity contribution in [1.29, 1.82) is 0 Å². The van der Waals surface area contributed by atoms with Gasteiger partial charge in [-0.1, -0.05) is 12.8 Å². The molecule has 0 saturated carbocycles. The maximum Gasteiger partial charge on any atom is 0.414 e. The van der Waals surface area contributed by atoms with E-state index < -0.39 is 23.5 Å². The van der Waals surface area contributed by atoms with E-state index in [9.17, 15) is 19.1 Å². The van der Waals surface area contributed by atoms with Crippen molar-refractivity contribution in [2.24, 2.45) is 5.73 Å². The van der Waals surface area contributed by atoms with Gasteiger partial charge in [0, 0.05) is 25.2 Å². The number of carbonyl (C=O) groups is 2. The molecule has 1 amide bonds. The first-order chi connectivity index (χ1) is 19.5. The zero-order chi connectivity index (χ0) is 29.7. The van der Waals surface area contributed by atoms with Crippen molar-refractivity contribution in [3.63, 3.8) is 0 Å². The van der Waals surface area contributed by atoms with Crippen LogP contribution in [0.3, 0.4) is 0 Å². The predicted octanol–water partition coefficient (Wildman–Crippen LogP) is 5.44. The molecular weight excluding hydrogens is 533 g/mol. The number of nitrogens with zero attached hydrogens (tertiary/aromatic N) is 4. The predicted molar refractivity (Wildman–Crippen MR) is 153 cm³/mol. The molecule has 0 radical (unpaired) electrons. The van der Waals surface area contributed by atoms with Crippen LogP contribution in [0.1, 0.15) is 56.8 Å². The zero-order valence-corrected chi connectivity index (χ0v) is 23.5. The molecule has 0 atom stereocenters. The number of amides is 1. The fraction of sp³-hybridized carbons (Fsp3) is 0.393. The number of H-pyrrole nitrogens is 1. The van der Waals surface area contributed by atoms with Gasteiger partial charge >= 0.3 is 18.1 Å². The van der Waals surface area contributed by atoms with Gasteiger partial charge in [0.05, 0.1) is 28.4 Å². The third kappa shape index (κ3) is 7.17. The summed E-state index contributed by atoms with van der Waals surface area (Å²) in [4.78, 5) is 41.5. The number of fused-ring (bicyclic) bond motifs is 3. The molecule has 4 rings (SSSR count). The Kier molecular flexibility index (Phi) is 8.86. The van der Waals surface area contributed by atoms with Crippen molar-refractivity contribution >= 4 is 45.5 Å². The van der Waals surface area contributed by atoms with Gasteiger partial charge < -0.3 is 30.6 Å². The molecule has 0 saturated heterocycles. The van der Waals surface area contributed by atoms with Crippen molar-refractivity contribution < 1.29 is 28.6 Å². The number of aromatic amines is 1. The Labute approximate surface area is 236 Å². The normalized spacial score (nSPS) is 11.6. The molecular formula is C28H34FN7O5. The number of aromatic nitrogens is 4. The molecule has 4 aromatic rings. The summed E-state index contributed by atoms with van der Waals surface area (Å²) in [6.45, 7) is 6.44. The summed E-state index contributed by atoms with van der Waals surface area (Å²) in [7, 11) is 1.50. The van der Waals surface area contributed by atoms with Gasteiger partial charge in [-0.05, 0) is 58.4 Å². The summed E-state index contributed by atoms with van der Waals surface area (Å²) < 4.78 is 26.2. The number of benzene rings is 1. The van der Waals surface area contributed by atoms with E-state index in [1.54, 1.807) is 20.8 Å². The molecule has 1 aromatic carbocycles. The molecule has 3 aromatic heterocycles. The Bertz CT molecular complexity index is 1570. The molecule has 0 aliphatic carbocycles. The van der Waals surface area contributed by atoms with Crippen LogP contribution in [0.25, 0.3) is 21.9 Å². The Morgan fingerprint density at radius 3 is 2.59 bits per heavy atom. The molecule has 0 aliphatic rings. The summed E-state index contributed by atoms with van der Waals surface area (Å²) in [5.41, 5.74) is 5.80. The Hall–Kier alpha value is -4.52. The highest BCUT2D eigenvalue weighted by molar-refractivity contribution is 6.15. The summed E-state index contributed by atoms with van der Waals surface area (Å²) in [5.74, 6) is -1.21. The monoisotopic (exact) mass is 567 g/mol. The number of aromatic carboxylic acids is 1. The molecule has 0 bridgehead atoms. The number of carbonyl (C=O) groups excluding carboxylic acids is 1. The molecule has 41 heavy (non-hydrogen) atoms. The van der Waals surface area contributed by atoms with Crippen LogP contribution in [0.15, 0.2) is 30.6 Å². The number of carboxylic acids is 1. The first-order valence-corrected chi connectivity index (χ1v) is 13.3. The number of hydrogen-bond donors (Lipinski definition) is 4. The number of nitrogens with one attached hydrogen (secondary N) is 2. The van der Waals surface area contributed by atoms with E-state index in [2.05, 4.69) is 25.3 Å². The number of halogens is 1. The molecule has 12 nitrogen and oxygen atoms in total. The van der Waals surface area contributed by atoms with E-state index in [0.717, 1.165) is 25.7 Å². The van der Waals surface area contributed by atoms with Crippen LogP contribution in [-0.2, 0) is 4.74 Å². The maximum atomic E-state index is 14.9. The van der Waals surface area contributed by atoms with Gasteiger partial charge in [-0.15, -0.1) is 0 Å². The maximum absolute atomic E-state index is 14.9. The topological polar surface area (TPSA) is 169 Å². The number of rotatable bonds is 11. The second-order valence-corrected chi connectivity index (χ2v) is 10.5. The molecule has 3 heterocycles.